The molecule has 0 unspecified atom stereocenters. The van der Waals surface area contributed by atoms with Crippen LogP contribution in [-0.4, -0.2) is 0 Å². The van der Waals surface area contributed by atoms with Crippen LogP contribution in [0.2, 0.25) is 0 Å². The largest absolute Gasteiger partial charge is 0.0887 e. The Kier molecular flexibility index (Phi) is 5.00. The maximum absolute atomic E-state index is 3.80. The van der Waals surface area contributed by atoms with Gasteiger partial charge in [-0.15, -0.1) is 0 Å². The van der Waals surface area contributed by atoms with Gasteiger partial charge in [0.05, 0.1) is 0 Å². The fourth-order valence-electron chi connectivity index (χ4n) is 0.691. The molecule has 0 bridgehead atoms. The molecular formula is C10H17. The fraction of sp³-hybridized carbons (Fsp3) is 0.500. The Morgan fingerprint density at radius 2 is 2.00 bits per heavy atom. The van der Waals surface area contributed by atoms with Crippen LogP contribution in [0.15, 0.2) is 23.3 Å². The molecule has 0 saturated carbocycles. The zero-order valence-corrected chi connectivity index (χ0v) is 7.28. The molecule has 0 nitrogen and oxygen atoms in total. The SMILES string of the molecule is [CH2]/C(C)=C/CC/C(C)=C/C. The van der Waals surface area contributed by atoms with E-state index < -0.39 is 0 Å². The summed E-state index contributed by atoms with van der Waals surface area (Å²) in [6.45, 7) is 10.1. The number of rotatable bonds is 3. The van der Waals surface area contributed by atoms with Crippen molar-refractivity contribution in [2.24, 2.45) is 0 Å². The molecule has 0 aliphatic heterocycles. The molecule has 0 heterocycles. The summed E-state index contributed by atoms with van der Waals surface area (Å²) in [4.78, 5) is 0. The van der Waals surface area contributed by atoms with E-state index in [0.717, 1.165) is 6.42 Å². The zero-order valence-electron chi connectivity index (χ0n) is 7.28. The molecule has 0 spiro atoms. The van der Waals surface area contributed by atoms with Crippen molar-refractivity contribution < 1.29 is 0 Å². The molecule has 0 rings (SSSR count). The first-order chi connectivity index (χ1) is 4.66. The standard InChI is InChI=1S/C10H17/c1-5-10(4)8-6-7-9(2)3/h5,7H,2,6,8H2,1,3-4H3/b9-7-,10-5+. The van der Waals surface area contributed by atoms with Crippen LogP contribution in [0, 0.1) is 6.92 Å². The summed E-state index contributed by atoms with van der Waals surface area (Å²) in [5.74, 6) is 0. The average Bonchev–Trinajstić information content (AvgIpc) is 1.87. The highest BCUT2D eigenvalue weighted by atomic mass is 13.9. The minimum absolute atomic E-state index is 1.13. The van der Waals surface area contributed by atoms with Gasteiger partial charge in [-0.1, -0.05) is 23.3 Å². The first-order valence-corrected chi connectivity index (χ1v) is 3.77. The molecule has 0 fully saturated rings. The van der Waals surface area contributed by atoms with Gasteiger partial charge in [-0.25, -0.2) is 0 Å². The van der Waals surface area contributed by atoms with E-state index in [-0.39, 0.29) is 0 Å². The Labute approximate surface area is 64.6 Å². The molecule has 0 aromatic carbocycles. The van der Waals surface area contributed by atoms with Gasteiger partial charge in [0, 0.05) is 0 Å². The lowest BCUT2D eigenvalue weighted by Crippen LogP contribution is -1.74. The Morgan fingerprint density at radius 1 is 1.40 bits per heavy atom. The average molecular weight is 137 g/mol. The third-order valence-electron chi connectivity index (χ3n) is 1.52. The quantitative estimate of drug-likeness (QED) is 0.522. The van der Waals surface area contributed by atoms with Crippen LogP contribution in [0.4, 0.5) is 0 Å². The van der Waals surface area contributed by atoms with E-state index in [9.17, 15) is 0 Å². The third-order valence-corrected chi connectivity index (χ3v) is 1.52. The van der Waals surface area contributed by atoms with Crippen LogP contribution in [0.5, 0.6) is 0 Å². The molecule has 0 aromatic heterocycles. The predicted molar refractivity (Wildman–Crippen MR) is 47.8 cm³/mol. The van der Waals surface area contributed by atoms with E-state index in [1.165, 1.54) is 17.6 Å². The van der Waals surface area contributed by atoms with Crippen LogP contribution in [0.3, 0.4) is 0 Å². The van der Waals surface area contributed by atoms with Crippen molar-refractivity contribution in [3.8, 4) is 0 Å². The summed E-state index contributed by atoms with van der Waals surface area (Å²) in [6.07, 6.45) is 6.63. The molecule has 10 heavy (non-hydrogen) atoms. The first kappa shape index (κ1) is 9.48. The predicted octanol–water partition coefficient (Wildman–Crippen LogP) is 3.51. The Hall–Kier alpha value is -0.520. The smallest absolute Gasteiger partial charge is 0.0286 e. The third kappa shape index (κ3) is 5.61. The highest BCUT2D eigenvalue weighted by Gasteiger charge is 1.84. The topological polar surface area (TPSA) is 0 Å². The lowest BCUT2D eigenvalue weighted by atomic mass is 10.1. The van der Waals surface area contributed by atoms with Gasteiger partial charge >= 0.3 is 0 Å². The fourth-order valence-corrected chi connectivity index (χ4v) is 0.691. The van der Waals surface area contributed by atoms with Crippen molar-refractivity contribution in [2.75, 3.05) is 0 Å². The minimum atomic E-state index is 1.13. The summed E-state index contributed by atoms with van der Waals surface area (Å²) in [5.41, 5.74) is 2.63. The molecule has 0 atom stereocenters. The van der Waals surface area contributed by atoms with Gasteiger partial charge < -0.3 is 0 Å². The van der Waals surface area contributed by atoms with Gasteiger partial charge in [0.1, 0.15) is 0 Å². The van der Waals surface area contributed by atoms with Gasteiger partial charge in [0.25, 0.3) is 0 Å². The van der Waals surface area contributed by atoms with E-state index in [1.54, 1.807) is 0 Å². The van der Waals surface area contributed by atoms with Gasteiger partial charge in [0.2, 0.25) is 0 Å². The molecule has 0 aliphatic rings. The second kappa shape index (κ2) is 5.28. The zero-order chi connectivity index (χ0) is 7.98. The first-order valence-electron chi connectivity index (χ1n) is 3.77. The number of hydrogen-bond acceptors (Lipinski definition) is 0. The highest BCUT2D eigenvalue weighted by Crippen LogP contribution is 2.05. The molecule has 0 saturated heterocycles. The molecule has 0 aromatic rings. The van der Waals surface area contributed by atoms with Crippen LogP contribution < -0.4 is 0 Å². The minimum Gasteiger partial charge on any atom is -0.0887 e. The second-order valence-corrected chi connectivity index (χ2v) is 2.72. The molecule has 0 aliphatic carbocycles. The molecule has 0 heteroatoms. The Balaban J connectivity index is 3.47. The lowest BCUT2D eigenvalue weighted by molar-refractivity contribution is 0.967. The van der Waals surface area contributed by atoms with E-state index in [2.05, 4.69) is 32.9 Å². The second-order valence-electron chi connectivity index (χ2n) is 2.72. The summed E-state index contributed by atoms with van der Waals surface area (Å²) in [6, 6.07) is 0. The van der Waals surface area contributed by atoms with E-state index >= 15 is 0 Å². The van der Waals surface area contributed by atoms with E-state index in [4.69, 9.17) is 0 Å². The normalized spacial score (nSPS) is 14.0. The van der Waals surface area contributed by atoms with Gasteiger partial charge in [0.15, 0.2) is 0 Å². The Bertz CT molecular complexity index is 134. The molecule has 0 N–H and O–H groups in total. The van der Waals surface area contributed by atoms with E-state index in [0.29, 0.717) is 0 Å². The van der Waals surface area contributed by atoms with Crippen LogP contribution in [-0.2, 0) is 0 Å². The maximum Gasteiger partial charge on any atom is -0.0286 e. The van der Waals surface area contributed by atoms with Gasteiger partial charge in [-0.2, -0.15) is 0 Å². The van der Waals surface area contributed by atoms with Gasteiger partial charge in [-0.3, -0.25) is 0 Å². The van der Waals surface area contributed by atoms with Crippen LogP contribution in [0.25, 0.3) is 0 Å². The Morgan fingerprint density at radius 3 is 2.40 bits per heavy atom. The van der Waals surface area contributed by atoms with Crippen molar-refractivity contribution in [1.82, 2.24) is 0 Å². The maximum atomic E-state index is 3.80. The lowest BCUT2D eigenvalue weighted by Gasteiger charge is -1.95. The van der Waals surface area contributed by atoms with Crippen LogP contribution in [0.1, 0.15) is 33.6 Å². The van der Waals surface area contributed by atoms with Gasteiger partial charge in [-0.05, 0) is 40.5 Å². The number of hydrogen-bond donors (Lipinski definition) is 0. The molecule has 0 amide bonds. The molecule has 57 valence electrons. The molecule has 1 radical (unpaired) electrons. The van der Waals surface area contributed by atoms with Crippen LogP contribution >= 0.6 is 0 Å². The monoisotopic (exact) mass is 137 g/mol. The van der Waals surface area contributed by atoms with Crippen molar-refractivity contribution >= 4 is 0 Å². The summed E-state index contributed by atoms with van der Waals surface area (Å²) in [7, 11) is 0. The van der Waals surface area contributed by atoms with Crippen molar-refractivity contribution in [1.29, 1.82) is 0 Å². The summed E-state index contributed by atoms with van der Waals surface area (Å²) in [5, 5.41) is 0. The molecular weight excluding hydrogens is 120 g/mol. The number of allylic oxidation sites excluding steroid dienone is 4. The van der Waals surface area contributed by atoms with Crippen molar-refractivity contribution in [3.63, 3.8) is 0 Å². The van der Waals surface area contributed by atoms with Crippen molar-refractivity contribution in [3.05, 3.63) is 30.2 Å². The summed E-state index contributed by atoms with van der Waals surface area (Å²) < 4.78 is 0. The van der Waals surface area contributed by atoms with Crippen molar-refractivity contribution in [2.45, 2.75) is 33.6 Å². The van der Waals surface area contributed by atoms with E-state index in [1.807, 2.05) is 6.92 Å². The summed E-state index contributed by atoms with van der Waals surface area (Å²) >= 11 is 0. The highest BCUT2D eigenvalue weighted by molar-refractivity contribution is 5.04.